The molecular formula is C12H16N4S. The Morgan fingerprint density at radius 2 is 2.53 bits per heavy atom. The Morgan fingerprint density at radius 3 is 3.24 bits per heavy atom. The molecule has 5 heteroatoms. The molecule has 1 fully saturated rings. The minimum absolute atomic E-state index is 0.339. The van der Waals surface area contributed by atoms with E-state index in [4.69, 9.17) is 5.73 Å². The van der Waals surface area contributed by atoms with Crippen molar-refractivity contribution in [2.24, 2.45) is 5.73 Å². The van der Waals surface area contributed by atoms with Crippen LogP contribution < -0.4 is 5.73 Å². The molecule has 4 nitrogen and oxygen atoms in total. The summed E-state index contributed by atoms with van der Waals surface area (Å²) in [4.78, 5) is 2.39. The van der Waals surface area contributed by atoms with E-state index in [1.807, 2.05) is 6.20 Å². The topological polar surface area (TPSA) is 57.9 Å². The van der Waals surface area contributed by atoms with E-state index in [1.165, 1.54) is 11.1 Å². The average Bonchev–Trinajstić information content (AvgIpc) is 3.00. The number of aromatic nitrogens is 2. The summed E-state index contributed by atoms with van der Waals surface area (Å²) in [6.45, 7) is 3.03. The van der Waals surface area contributed by atoms with Crippen molar-refractivity contribution in [2.45, 2.75) is 19.0 Å². The van der Waals surface area contributed by atoms with Crippen LogP contribution >= 0.6 is 11.3 Å². The molecule has 2 aromatic rings. The highest BCUT2D eigenvalue weighted by Gasteiger charge is 2.20. The van der Waals surface area contributed by atoms with Gasteiger partial charge in [0.15, 0.2) is 0 Å². The summed E-state index contributed by atoms with van der Waals surface area (Å²) >= 11 is 1.71. The van der Waals surface area contributed by atoms with Gasteiger partial charge < -0.3 is 5.73 Å². The van der Waals surface area contributed by atoms with Crippen molar-refractivity contribution >= 4 is 11.3 Å². The van der Waals surface area contributed by atoms with E-state index in [9.17, 15) is 0 Å². The fourth-order valence-electron chi connectivity index (χ4n) is 2.33. The Morgan fingerprint density at radius 1 is 1.59 bits per heavy atom. The maximum atomic E-state index is 5.92. The Bertz CT molecular complexity index is 476. The molecule has 3 heterocycles. The third-order valence-corrected chi connectivity index (χ3v) is 3.91. The van der Waals surface area contributed by atoms with E-state index in [0.717, 1.165) is 31.7 Å². The van der Waals surface area contributed by atoms with Gasteiger partial charge in [0.05, 0.1) is 11.9 Å². The molecule has 3 rings (SSSR count). The SMILES string of the molecule is NC1CCN(Cc2cn[nH]c2-c2ccsc2)C1. The van der Waals surface area contributed by atoms with E-state index in [0.29, 0.717) is 6.04 Å². The van der Waals surface area contributed by atoms with E-state index >= 15 is 0 Å². The van der Waals surface area contributed by atoms with Crippen LogP contribution in [0.15, 0.2) is 23.0 Å². The Hall–Kier alpha value is -1.17. The Labute approximate surface area is 104 Å². The minimum Gasteiger partial charge on any atom is -0.326 e. The number of H-pyrrole nitrogens is 1. The van der Waals surface area contributed by atoms with Gasteiger partial charge in [-0.1, -0.05) is 0 Å². The molecule has 1 atom stereocenters. The van der Waals surface area contributed by atoms with Gasteiger partial charge in [-0.25, -0.2) is 0 Å². The van der Waals surface area contributed by atoms with Gasteiger partial charge in [-0.2, -0.15) is 16.4 Å². The molecule has 1 aliphatic rings. The molecule has 0 radical (unpaired) electrons. The zero-order valence-corrected chi connectivity index (χ0v) is 10.4. The smallest absolute Gasteiger partial charge is 0.0703 e. The molecule has 0 aromatic carbocycles. The number of rotatable bonds is 3. The molecule has 0 saturated carbocycles. The molecular weight excluding hydrogens is 232 g/mol. The Kier molecular flexibility index (Phi) is 2.96. The number of nitrogens with two attached hydrogens (primary N) is 1. The number of likely N-dealkylation sites (tertiary alicyclic amines) is 1. The van der Waals surface area contributed by atoms with Crippen molar-refractivity contribution in [3.05, 3.63) is 28.6 Å². The average molecular weight is 248 g/mol. The highest BCUT2D eigenvalue weighted by atomic mass is 32.1. The summed E-state index contributed by atoms with van der Waals surface area (Å²) in [6, 6.07) is 2.46. The van der Waals surface area contributed by atoms with Gasteiger partial charge in [0.1, 0.15) is 0 Å². The molecule has 17 heavy (non-hydrogen) atoms. The molecule has 1 aliphatic heterocycles. The van der Waals surface area contributed by atoms with Crippen LogP contribution in [0.1, 0.15) is 12.0 Å². The lowest BCUT2D eigenvalue weighted by Crippen LogP contribution is -2.26. The predicted molar refractivity (Wildman–Crippen MR) is 69.8 cm³/mol. The highest BCUT2D eigenvalue weighted by molar-refractivity contribution is 7.08. The number of aromatic amines is 1. The highest BCUT2D eigenvalue weighted by Crippen LogP contribution is 2.25. The van der Waals surface area contributed by atoms with Gasteiger partial charge >= 0.3 is 0 Å². The number of thiophene rings is 1. The van der Waals surface area contributed by atoms with Crippen molar-refractivity contribution in [1.29, 1.82) is 0 Å². The van der Waals surface area contributed by atoms with Crippen LogP contribution in [-0.2, 0) is 6.54 Å². The first kappa shape index (κ1) is 11.0. The number of hydrogen-bond acceptors (Lipinski definition) is 4. The zero-order chi connectivity index (χ0) is 11.7. The van der Waals surface area contributed by atoms with Gasteiger partial charge in [-0.05, 0) is 17.9 Å². The first-order chi connectivity index (χ1) is 8.33. The van der Waals surface area contributed by atoms with E-state index in [2.05, 4.69) is 31.9 Å². The van der Waals surface area contributed by atoms with E-state index in [1.54, 1.807) is 11.3 Å². The molecule has 0 aliphatic carbocycles. The van der Waals surface area contributed by atoms with Crippen molar-refractivity contribution in [1.82, 2.24) is 15.1 Å². The van der Waals surface area contributed by atoms with Crippen LogP contribution in [0.25, 0.3) is 11.3 Å². The van der Waals surface area contributed by atoms with Crippen LogP contribution in [-0.4, -0.2) is 34.2 Å². The lowest BCUT2D eigenvalue weighted by atomic mass is 10.1. The Balaban J connectivity index is 1.78. The zero-order valence-electron chi connectivity index (χ0n) is 9.60. The van der Waals surface area contributed by atoms with Gasteiger partial charge in [0, 0.05) is 42.2 Å². The lowest BCUT2D eigenvalue weighted by molar-refractivity contribution is 0.327. The maximum Gasteiger partial charge on any atom is 0.0703 e. The quantitative estimate of drug-likeness (QED) is 0.868. The summed E-state index contributed by atoms with van der Waals surface area (Å²) < 4.78 is 0. The van der Waals surface area contributed by atoms with Gasteiger partial charge in [-0.3, -0.25) is 10.00 Å². The molecule has 0 amide bonds. The first-order valence-electron chi connectivity index (χ1n) is 5.85. The normalized spacial score (nSPS) is 21.1. The van der Waals surface area contributed by atoms with Gasteiger partial charge in [0.2, 0.25) is 0 Å². The molecule has 2 aromatic heterocycles. The monoisotopic (exact) mass is 248 g/mol. The summed E-state index contributed by atoms with van der Waals surface area (Å²) in [6.07, 6.45) is 3.03. The lowest BCUT2D eigenvalue weighted by Gasteiger charge is -2.14. The van der Waals surface area contributed by atoms with E-state index < -0.39 is 0 Å². The van der Waals surface area contributed by atoms with Gasteiger partial charge in [-0.15, -0.1) is 0 Å². The third kappa shape index (κ3) is 2.26. The second kappa shape index (κ2) is 4.60. The van der Waals surface area contributed by atoms with E-state index in [-0.39, 0.29) is 0 Å². The first-order valence-corrected chi connectivity index (χ1v) is 6.80. The standard InChI is InChI=1S/C12H16N4S/c13-11-1-3-16(7-11)6-10-5-14-15-12(10)9-2-4-17-8-9/h2,4-5,8,11H,1,3,6-7,13H2,(H,14,15). The summed E-state index contributed by atoms with van der Waals surface area (Å²) in [7, 11) is 0. The number of nitrogens with one attached hydrogen (secondary N) is 1. The van der Waals surface area contributed by atoms with Crippen molar-refractivity contribution in [2.75, 3.05) is 13.1 Å². The second-order valence-corrected chi connectivity index (χ2v) is 5.35. The fraction of sp³-hybridized carbons (Fsp3) is 0.417. The van der Waals surface area contributed by atoms with Crippen molar-refractivity contribution < 1.29 is 0 Å². The molecule has 1 saturated heterocycles. The van der Waals surface area contributed by atoms with Crippen LogP contribution in [0.2, 0.25) is 0 Å². The predicted octanol–water partition coefficient (Wildman–Crippen LogP) is 1.67. The largest absolute Gasteiger partial charge is 0.326 e. The van der Waals surface area contributed by atoms with Crippen LogP contribution in [0.4, 0.5) is 0 Å². The summed E-state index contributed by atoms with van der Waals surface area (Å²) in [5.74, 6) is 0. The summed E-state index contributed by atoms with van der Waals surface area (Å²) in [5.41, 5.74) is 9.56. The second-order valence-electron chi connectivity index (χ2n) is 4.57. The van der Waals surface area contributed by atoms with Gasteiger partial charge in [0.25, 0.3) is 0 Å². The molecule has 0 bridgehead atoms. The number of nitrogens with zero attached hydrogens (tertiary/aromatic N) is 2. The molecule has 1 unspecified atom stereocenters. The molecule has 0 spiro atoms. The fourth-order valence-corrected chi connectivity index (χ4v) is 2.98. The summed E-state index contributed by atoms with van der Waals surface area (Å²) in [5, 5.41) is 11.5. The number of hydrogen-bond donors (Lipinski definition) is 2. The van der Waals surface area contributed by atoms with Crippen molar-refractivity contribution in [3.63, 3.8) is 0 Å². The van der Waals surface area contributed by atoms with Crippen LogP contribution in [0.5, 0.6) is 0 Å². The van der Waals surface area contributed by atoms with Crippen LogP contribution in [0.3, 0.4) is 0 Å². The van der Waals surface area contributed by atoms with Crippen LogP contribution in [0, 0.1) is 0 Å². The minimum atomic E-state index is 0.339. The van der Waals surface area contributed by atoms with Crippen molar-refractivity contribution in [3.8, 4) is 11.3 Å². The molecule has 3 N–H and O–H groups in total. The third-order valence-electron chi connectivity index (χ3n) is 3.23. The molecule has 90 valence electrons. The maximum absolute atomic E-state index is 5.92.